The van der Waals surface area contributed by atoms with Gasteiger partial charge in [0.05, 0.1) is 0 Å². The summed E-state index contributed by atoms with van der Waals surface area (Å²) < 4.78 is 19.0. The molecule has 21 heavy (non-hydrogen) atoms. The lowest BCUT2D eigenvalue weighted by Gasteiger charge is -2.17. The van der Waals surface area contributed by atoms with E-state index in [1.54, 1.807) is 24.5 Å². The number of hydrogen-bond donors (Lipinski definition) is 1. The first kappa shape index (κ1) is 15.0. The summed E-state index contributed by atoms with van der Waals surface area (Å²) in [6.45, 7) is 2.20. The highest BCUT2D eigenvalue weighted by Gasteiger charge is 2.19. The molecule has 0 aliphatic rings. The average molecular weight is 288 g/mol. The lowest BCUT2D eigenvalue weighted by Crippen LogP contribution is -2.37. The molecule has 0 bridgehead atoms. The van der Waals surface area contributed by atoms with E-state index >= 15 is 0 Å². The average Bonchev–Trinajstić information content (AvgIpc) is 2.53. The van der Waals surface area contributed by atoms with Crippen LogP contribution in [0.15, 0.2) is 48.8 Å². The lowest BCUT2D eigenvalue weighted by atomic mass is 10.2. The summed E-state index contributed by atoms with van der Waals surface area (Å²) >= 11 is 0. The quantitative estimate of drug-likeness (QED) is 0.889. The van der Waals surface area contributed by atoms with Crippen molar-refractivity contribution in [1.82, 2.24) is 10.3 Å². The Morgan fingerprint density at radius 3 is 2.67 bits per heavy atom. The second-order valence-corrected chi connectivity index (χ2v) is 4.52. The van der Waals surface area contributed by atoms with Crippen molar-refractivity contribution < 1.29 is 13.9 Å². The molecule has 1 amide bonds. The summed E-state index contributed by atoms with van der Waals surface area (Å²) in [6.07, 6.45) is 3.06. The number of rotatable bonds is 6. The Hall–Kier alpha value is -2.43. The number of para-hydroxylation sites is 1. The van der Waals surface area contributed by atoms with Crippen molar-refractivity contribution in [3.8, 4) is 5.75 Å². The Morgan fingerprint density at radius 1 is 1.29 bits per heavy atom. The molecule has 2 rings (SSSR count). The maximum Gasteiger partial charge on any atom is 0.261 e. The van der Waals surface area contributed by atoms with Crippen molar-refractivity contribution in [2.24, 2.45) is 0 Å². The topological polar surface area (TPSA) is 51.2 Å². The molecule has 110 valence electrons. The van der Waals surface area contributed by atoms with Crippen LogP contribution in [0.3, 0.4) is 0 Å². The van der Waals surface area contributed by atoms with Gasteiger partial charge in [-0.15, -0.1) is 0 Å². The highest BCUT2D eigenvalue weighted by atomic mass is 19.1. The molecule has 0 aliphatic heterocycles. The van der Waals surface area contributed by atoms with E-state index in [1.807, 2.05) is 19.1 Å². The number of halogens is 1. The summed E-state index contributed by atoms with van der Waals surface area (Å²) in [4.78, 5) is 16.0. The maximum atomic E-state index is 13.5. The molecule has 0 radical (unpaired) electrons. The molecule has 1 aromatic heterocycles. The van der Waals surface area contributed by atoms with Crippen molar-refractivity contribution in [3.63, 3.8) is 0 Å². The maximum absolute atomic E-state index is 13.5. The zero-order chi connectivity index (χ0) is 15.1. The van der Waals surface area contributed by atoms with Crippen LogP contribution >= 0.6 is 0 Å². The third-order valence-corrected chi connectivity index (χ3v) is 2.99. The fourth-order valence-electron chi connectivity index (χ4n) is 1.82. The predicted molar refractivity (Wildman–Crippen MR) is 77.2 cm³/mol. The second kappa shape index (κ2) is 7.38. The first-order chi connectivity index (χ1) is 10.2. The Balaban J connectivity index is 1.94. The van der Waals surface area contributed by atoms with Gasteiger partial charge in [-0.3, -0.25) is 9.78 Å². The van der Waals surface area contributed by atoms with Gasteiger partial charge >= 0.3 is 0 Å². The smallest absolute Gasteiger partial charge is 0.261 e. The Bertz CT molecular complexity index is 590. The molecule has 0 fully saturated rings. The molecule has 1 atom stereocenters. The Labute approximate surface area is 123 Å². The molecular weight excluding hydrogens is 271 g/mol. The van der Waals surface area contributed by atoms with E-state index in [1.165, 1.54) is 12.1 Å². The van der Waals surface area contributed by atoms with E-state index in [4.69, 9.17) is 4.74 Å². The van der Waals surface area contributed by atoms with E-state index < -0.39 is 11.9 Å². The third kappa shape index (κ3) is 4.27. The van der Waals surface area contributed by atoms with Gasteiger partial charge in [-0.25, -0.2) is 4.39 Å². The Morgan fingerprint density at radius 2 is 2.00 bits per heavy atom. The van der Waals surface area contributed by atoms with Crippen LogP contribution in [-0.4, -0.2) is 17.0 Å². The number of benzene rings is 1. The predicted octanol–water partition coefficient (Wildman–Crippen LogP) is 2.69. The van der Waals surface area contributed by atoms with Crippen molar-refractivity contribution in [2.45, 2.75) is 26.0 Å². The van der Waals surface area contributed by atoms with E-state index in [9.17, 15) is 9.18 Å². The summed E-state index contributed by atoms with van der Waals surface area (Å²) in [5, 5.41) is 2.78. The standard InChI is InChI=1S/C16H17FN2O2/c1-2-14(21-15-6-4-3-5-13(15)17)16(20)19-11-12-7-9-18-10-8-12/h3-10,14H,2,11H2,1H3,(H,19,20)/t14-/m0/s1. The number of hydrogen-bond acceptors (Lipinski definition) is 3. The van der Waals surface area contributed by atoms with Gasteiger partial charge in [-0.1, -0.05) is 19.1 Å². The minimum absolute atomic E-state index is 0.0865. The van der Waals surface area contributed by atoms with Crippen LogP contribution < -0.4 is 10.1 Å². The fourth-order valence-corrected chi connectivity index (χ4v) is 1.82. The molecule has 1 heterocycles. The van der Waals surface area contributed by atoms with Gasteiger partial charge in [-0.2, -0.15) is 0 Å². The molecule has 0 aliphatic carbocycles. The lowest BCUT2D eigenvalue weighted by molar-refractivity contribution is -0.128. The number of ether oxygens (including phenoxy) is 1. The number of nitrogens with one attached hydrogen (secondary N) is 1. The van der Waals surface area contributed by atoms with Crippen molar-refractivity contribution in [3.05, 3.63) is 60.2 Å². The summed E-state index contributed by atoms with van der Waals surface area (Å²) in [6, 6.07) is 9.69. The van der Waals surface area contributed by atoms with Crippen molar-refractivity contribution in [2.75, 3.05) is 0 Å². The summed E-state index contributed by atoms with van der Waals surface area (Å²) in [7, 11) is 0. The van der Waals surface area contributed by atoms with Gasteiger partial charge in [0.15, 0.2) is 17.7 Å². The van der Waals surface area contributed by atoms with Crippen LogP contribution in [0.25, 0.3) is 0 Å². The van der Waals surface area contributed by atoms with Gasteiger partial charge in [0.25, 0.3) is 5.91 Å². The van der Waals surface area contributed by atoms with E-state index in [-0.39, 0.29) is 11.7 Å². The zero-order valence-corrected chi connectivity index (χ0v) is 11.8. The SMILES string of the molecule is CC[C@H](Oc1ccccc1F)C(=O)NCc1ccncc1. The number of nitrogens with zero attached hydrogens (tertiary/aromatic N) is 1. The monoisotopic (exact) mass is 288 g/mol. The highest BCUT2D eigenvalue weighted by Crippen LogP contribution is 2.18. The number of carbonyl (C=O) groups excluding carboxylic acids is 1. The molecule has 5 heteroatoms. The first-order valence-corrected chi connectivity index (χ1v) is 6.78. The van der Waals surface area contributed by atoms with Gasteiger partial charge < -0.3 is 10.1 Å². The molecule has 0 unspecified atom stereocenters. The normalized spacial score (nSPS) is 11.7. The zero-order valence-electron chi connectivity index (χ0n) is 11.8. The van der Waals surface area contributed by atoms with E-state index in [2.05, 4.69) is 10.3 Å². The second-order valence-electron chi connectivity index (χ2n) is 4.52. The first-order valence-electron chi connectivity index (χ1n) is 6.78. The van der Waals surface area contributed by atoms with E-state index in [0.717, 1.165) is 5.56 Å². The molecule has 0 saturated carbocycles. The van der Waals surface area contributed by atoms with E-state index in [0.29, 0.717) is 13.0 Å². The largest absolute Gasteiger partial charge is 0.478 e. The van der Waals surface area contributed by atoms with Gasteiger partial charge in [0.1, 0.15) is 0 Å². The number of amides is 1. The molecule has 1 N–H and O–H groups in total. The molecular formula is C16H17FN2O2. The molecule has 0 spiro atoms. The fraction of sp³-hybridized carbons (Fsp3) is 0.250. The van der Waals surface area contributed by atoms with Crippen LogP contribution in [0.5, 0.6) is 5.75 Å². The van der Waals surface area contributed by atoms with Crippen LogP contribution in [0.2, 0.25) is 0 Å². The molecule has 0 saturated heterocycles. The van der Waals surface area contributed by atoms with Crippen molar-refractivity contribution in [1.29, 1.82) is 0 Å². The highest BCUT2D eigenvalue weighted by molar-refractivity contribution is 5.81. The minimum atomic E-state index is -0.719. The van der Waals surface area contributed by atoms with Gasteiger partial charge in [-0.05, 0) is 36.2 Å². The molecule has 2 aromatic rings. The minimum Gasteiger partial charge on any atom is -0.478 e. The molecule has 1 aromatic carbocycles. The molecule has 4 nitrogen and oxygen atoms in total. The third-order valence-electron chi connectivity index (χ3n) is 2.99. The van der Waals surface area contributed by atoms with Crippen LogP contribution in [0.1, 0.15) is 18.9 Å². The summed E-state index contributed by atoms with van der Waals surface area (Å²) in [5.41, 5.74) is 0.944. The van der Waals surface area contributed by atoms with Crippen LogP contribution in [-0.2, 0) is 11.3 Å². The van der Waals surface area contributed by atoms with Gasteiger partial charge in [0, 0.05) is 18.9 Å². The van der Waals surface area contributed by atoms with Crippen LogP contribution in [0, 0.1) is 5.82 Å². The summed E-state index contributed by atoms with van der Waals surface area (Å²) in [5.74, 6) is -0.654. The number of aromatic nitrogens is 1. The number of pyridine rings is 1. The Kier molecular flexibility index (Phi) is 5.26. The number of carbonyl (C=O) groups is 1. The van der Waals surface area contributed by atoms with Crippen molar-refractivity contribution >= 4 is 5.91 Å². The van der Waals surface area contributed by atoms with Gasteiger partial charge in [0.2, 0.25) is 0 Å². The van der Waals surface area contributed by atoms with Crippen LogP contribution in [0.4, 0.5) is 4.39 Å².